The molecule has 4 aromatic rings. The molecule has 0 unspecified atom stereocenters. The molecule has 1 aliphatic rings. The van der Waals surface area contributed by atoms with Crippen LogP contribution in [0.1, 0.15) is 5.56 Å². The summed E-state index contributed by atoms with van der Waals surface area (Å²) in [5.74, 6) is -0.598. The molecule has 1 aliphatic heterocycles. The zero-order valence-electron chi connectivity index (χ0n) is 17.6. The summed E-state index contributed by atoms with van der Waals surface area (Å²) in [6.07, 6.45) is 1.45. The highest BCUT2D eigenvalue weighted by Crippen LogP contribution is 2.46. The van der Waals surface area contributed by atoms with Gasteiger partial charge in [-0.2, -0.15) is 10.2 Å². The molecular weight excluding hydrogens is 474 g/mol. The Hall–Kier alpha value is -3.95. The van der Waals surface area contributed by atoms with Crippen LogP contribution in [0.25, 0.3) is 22.5 Å². The van der Waals surface area contributed by atoms with Crippen molar-refractivity contribution >= 4 is 39.4 Å². The van der Waals surface area contributed by atoms with E-state index in [0.29, 0.717) is 27.7 Å². The number of hydrazone groups is 1. The van der Waals surface area contributed by atoms with E-state index in [9.17, 15) is 13.2 Å². The lowest BCUT2D eigenvalue weighted by Gasteiger charge is -2.29. The van der Waals surface area contributed by atoms with E-state index in [1.54, 1.807) is 42.5 Å². The molecule has 0 saturated carbocycles. The van der Waals surface area contributed by atoms with Crippen molar-refractivity contribution in [2.24, 2.45) is 5.10 Å². The lowest BCUT2D eigenvalue weighted by Crippen LogP contribution is -2.41. The maximum atomic E-state index is 13.6. The summed E-state index contributed by atoms with van der Waals surface area (Å²) >= 11 is 5.87. The number of sulfonamides is 1. The molecule has 1 amide bonds. The number of carbonyl (C=O) groups is 1. The summed E-state index contributed by atoms with van der Waals surface area (Å²) in [5, 5.41) is 11.9. The number of anilines is 1. The predicted octanol–water partition coefficient (Wildman–Crippen LogP) is 4.06. The van der Waals surface area contributed by atoms with E-state index in [2.05, 4.69) is 20.7 Å². The molecule has 0 bridgehead atoms. The van der Waals surface area contributed by atoms with Gasteiger partial charge in [-0.15, -0.1) is 0 Å². The van der Waals surface area contributed by atoms with Gasteiger partial charge in [0, 0.05) is 16.1 Å². The summed E-state index contributed by atoms with van der Waals surface area (Å²) in [6.45, 7) is -0.471. The number of aromatic amines is 1. The largest absolute Gasteiger partial charge is 0.275 e. The number of fused-ring (bicyclic) bond motifs is 3. The van der Waals surface area contributed by atoms with Crippen LogP contribution in [0, 0.1) is 0 Å². The first-order valence-corrected chi connectivity index (χ1v) is 12.1. The number of rotatable bonds is 5. The number of aromatic nitrogens is 2. The maximum Gasteiger partial charge on any atom is 0.265 e. The molecule has 0 atom stereocenters. The Morgan fingerprint density at radius 3 is 2.50 bits per heavy atom. The van der Waals surface area contributed by atoms with E-state index < -0.39 is 22.5 Å². The maximum absolute atomic E-state index is 13.6. The topological polar surface area (TPSA) is 108 Å². The van der Waals surface area contributed by atoms with Crippen LogP contribution in [0.2, 0.25) is 5.02 Å². The van der Waals surface area contributed by atoms with Crippen molar-refractivity contribution < 1.29 is 13.2 Å². The molecule has 34 heavy (non-hydrogen) atoms. The van der Waals surface area contributed by atoms with Gasteiger partial charge >= 0.3 is 0 Å². The number of amides is 1. The third-order valence-corrected chi connectivity index (χ3v) is 7.38. The fraction of sp³-hybridized carbons (Fsp3) is 0.0417. The Morgan fingerprint density at radius 2 is 1.74 bits per heavy atom. The number of halogens is 1. The second-order valence-corrected chi connectivity index (χ2v) is 9.78. The van der Waals surface area contributed by atoms with E-state index in [0.717, 1.165) is 15.4 Å². The molecule has 170 valence electrons. The van der Waals surface area contributed by atoms with Gasteiger partial charge in [0.1, 0.15) is 17.9 Å². The molecule has 0 radical (unpaired) electrons. The van der Waals surface area contributed by atoms with E-state index in [-0.39, 0.29) is 4.90 Å². The Labute approximate surface area is 200 Å². The summed E-state index contributed by atoms with van der Waals surface area (Å²) < 4.78 is 28.2. The van der Waals surface area contributed by atoms with Crippen LogP contribution in [0.3, 0.4) is 0 Å². The average molecular weight is 492 g/mol. The summed E-state index contributed by atoms with van der Waals surface area (Å²) in [4.78, 5) is 12.9. The molecule has 0 saturated heterocycles. The third kappa shape index (κ3) is 3.95. The fourth-order valence-electron chi connectivity index (χ4n) is 3.76. The number of carbonyl (C=O) groups excluding carboxylic acids is 1. The molecule has 0 fully saturated rings. The van der Waals surface area contributed by atoms with Crippen LogP contribution in [0.5, 0.6) is 0 Å². The molecule has 8 nitrogen and oxygen atoms in total. The minimum atomic E-state index is -4.03. The van der Waals surface area contributed by atoms with Gasteiger partial charge in [-0.05, 0) is 23.8 Å². The highest BCUT2D eigenvalue weighted by Gasteiger charge is 2.39. The normalized spacial score (nSPS) is 14.0. The first-order chi connectivity index (χ1) is 16.4. The number of hydrogen-bond acceptors (Lipinski definition) is 5. The number of H-pyrrole nitrogens is 1. The minimum Gasteiger partial charge on any atom is -0.275 e. The Kier molecular flexibility index (Phi) is 5.64. The van der Waals surface area contributed by atoms with Crippen LogP contribution < -0.4 is 9.73 Å². The first kappa shape index (κ1) is 21.9. The summed E-state index contributed by atoms with van der Waals surface area (Å²) in [6, 6.07) is 22.7. The van der Waals surface area contributed by atoms with E-state index in [4.69, 9.17) is 11.6 Å². The van der Waals surface area contributed by atoms with Crippen molar-refractivity contribution in [3.8, 4) is 22.5 Å². The van der Waals surface area contributed by atoms with E-state index in [1.165, 1.54) is 12.3 Å². The van der Waals surface area contributed by atoms with Gasteiger partial charge in [0.15, 0.2) is 0 Å². The predicted molar refractivity (Wildman–Crippen MR) is 131 cm³/mol. The van der Waals surface area contributed by atoms with Crippen molar-refractivity contribution in [1.82, 2.24) is 15.6 Å². The molecule has 0 spiro atoms. The molecular formula is C24H18ClN5O3S. The van der Waals surface area contributed by atoms with Gasteiger partial charge in [0.05, 0.1) is 16.8 Å². The van der Waals surface area contributed by atoms with Crippen LogP contribution in [-0.2, 0) is 14.8 Å². The fourth-order valence-corrected chi connectivity index (χ4v) is 5.53. The van der Waals surface area contributed by atoms with Crippen molar-refractivity contribution in [3.63, 3.8) is 0 Å². The lowest BCUT2D eigenvalue weighted by atomic mass is 10.1. The average Bonchev–Trinajstić information content (AvgIpc) is 3.29. The van der Waals surface area contributed by atoms with Crippen LogP contribution in [-0.4, -0.2) is 37.3 Å². The van der Waals surface area contributed by atoms with Gasteiger partial charge < -0.3 is 0 Å². The highest BCUT2D eigenvalue weighted by atomic mass is 35.5. The van der Waals surface area contributed by atoms with Crippen LogP contribution in [0.15, 0.2) is 88.9 Å². The molecule has 5 rings (SSSR count). The van der Waals surface area contributed by atoms with Crippen molar-refractivity contribution in [2.75, 3.05) is 10.8 Å². The number of benzene rings is 3. The number of nitrogens with one attached hydrogen (secondary N) is 2. The first-order valence-electron chi connectivity index (χ1n) is 10.3. The standard InChI is InChI=1S/C24H18ClN5O3S/c25-18-12-10-16(11-13-18)14-26-27-21(31)15-30-24-22(17-6-2-1-3-7-17)28-29-23(24)19-8-4-5-9-20(19)34(30,32)33/h1-14H,15H2,(H,27,31)(H,28,29)/b26-14+. The molecule has 2 N–H and O–H groups in total. The molecule has 10 heteroatoms. The van der Waals surface area contributed by atoms with Crippen molar-refractivity contribution in [1.29, 1.82) is 0 Å². The molecule has 3 aromatic carbocycles. The molecule has 2 heterocycles. The molecule has 1 aromatic heterocycles. The SMILES string of the molecule is O=C(CN1c2c(-c3ccccc3)n[nH]c2-c2ccccc2S1(=O)=O)N/N=C/c1ccc(Cl)cc1. The van der Waals surface area contributed by atoms with Crippen molar-refractivity contribution in [3.05, 3.63) is 89.4 Å². The smallest absolute Gasteiger partial charge is 0.265 e. The zero-order valence-corrected chi connectivity index (χ0v) is 19.2. The van der Waals surface area contributed by atoms with Gasteiger partial charge in [-0.25, -0.2) is 13.8 Å². The van der Waals surface area contributed by atoms with E-state index in [1.807, 2.05) is 30.3 Å². The zero-order chi connectivity index (χ0) is 23.7. The lowest BCUT2D eigenvalue weighted by molar-refractivity contribution is -0.119. The van der Waals surface area contributed by atoms with Gasteiger partial charge in [0.25, 0.3) is 15.9 Å². The summed E-state index contributed by atoms with van der Waals surface area (Å²) in [5.41, 5.74) is 5.64. The highest BCUT2D eigenvalue weighted by molar-refractivity contribution is 7.93. The third-order valence-electron chi connectivity index (χ3n) is 5.32. The monoisotopic (exact) mass is 491 g/mol. The second kappa shape index (κ2) is 8.77. The van der Waals surface area contributed by atoms with Crippen LogP contribution in [0.4, 0.5) is 5.69 Å². The van der Waals surface area contributed by atoms with Crippen LogP contribution >= 0.6 is 11.6 Å². The van der Waals surface area contributed by atoms with Gasteiger partial charge in [-0.1, -0.05) is 72.3 Å². The van der Waals surface area contributed by atoms with Gasteiger partial charge in [-0.3, -0.25) is 14.2 Å². The quantitative estimate of drug-likeness (QED) is 0.324. The van der Waals surface area contributed by atoms with Gasteiger partial charge in [0.2, 0.25) is 0 Å². The number of hydrogen-bond donors (Lipinski definition) is 2. The second-order valence-electron chi connectivity index (χ2n) is 7.51. The van der Waals surface area contributed by atoms with E-state index >= 15 is 0 Å². The minimum absolute atomic E-state index is 0.100. The van der Waals surface area contributed by atoms with Crippen molar-refractivity contribution in [2.45, 2.75) is 4.90 Å². The summed E-state index contributed by atoms with van der Waals surface area (Å²) in [7, 11) is -4.03. The number of nitrogens with zero attached hydrogens (tertiary/aromatic N) is 3. The molecule has 0 aliphatic carbocycles. The Bertz CT molecular complexity index is 1490. The Morgan fingerprint density at radius 1 is 1.03 bits per heavy atom. The Balaban J connectivity index is 1.50.